The molecule has 8 rings (SSSR count). The zero-order chi connectivity index (χ0) is 31.3. The summed E-state index contributed by atoms with van der Waals surface area (Å²) in [6, 6.07) is 25.9. The minimum absolute atomic E-state index is 0.325. The van der Waals surface area contributed by atoms with Crippen LogP contribution in [0.25, 0.3) is 33.7 Å². The highest BCUT2D eigenvalue weighted by molar-refractivity contribution is 9.10. The number of aromatic nitrogens is 3. The van der Waals surface area contributed by atoms with Crippen molar-refractivity contribution in [3.8, 4) is 11.4 Å². The summed E-state index contributed by atoms with van der Waals surface area (Å²) in [6.07, 6.45) is 20.7. The van der Waals surface area contributed by atoms with E-state index in [1.165, 1.54) is 51.0 Å². The van der Waals surface area contributed by atoms with E-state index in [0.717, 1.165) is 52.7 Å². The SMILES string of the molecule is C=C(/C=C\C1=C(C)C2(C3=C(CCCC=C3)c3ccc(Br)cc32)c2ccccc21)c1nc(C2=CC=CCC2)nc(-c2ccccc2)n1. The van der Waals surface area contributed by atoms with E-state index in [2.05, 4.69) is 114 Å². The van der Waals surface area contributed by atoms with Crippen LogP contribution in [0.15, 0.2) is 138 Å². The number of hydrogen-bond donors (Lipinski definition) is 0. The number of rotatable bonds is 5. The molecule has 0 amide bonds. The van der Waals surface area contributed by atoms with Gasteiger partial charge in [-0.05, 0) is 101 Å². The zero-order valence-corrected chi connectivity index (χ0v) is 27.5. The molecular weight excluding hydrogens is 626 g/mol. The van der Waals surface area contributed by atoms with Crippen LogP contribution in [0.1, 0.15) is 72.9 Å². The zero-order valence-electron chi connectivity index (χ0n) is 25.9. The summed E-state index contributed by atoms with van der Waals surface area (Å²) >= 11 is 3.81. The first-order valence-corrected chi connectivity index (χ1v) is 16.9. The van der Waals surface area contributed by atoms with Crippen molar-refractivity contribution in [2.45, 2.75) is 44.4 Å². The molecule has 0 aliphatic heterocycles. The van der Waals surface area contributed by atoms with Gasteiger partial charge in [0.2, 0.25) is 0 Å². The Morgan fingerprint density at radius 1 is 0.848 bits per heavy atom. The summed E-state index contributed by atoms with van der Waals surface area (Å²) < 4.78 is 1.11. The molecule has 0 saturated carbocycles. The molecule has 0 fully saturated rings. The van der Waals surface area contributed by atoms with Crippen LogP contribution >= 0.6 is 15.9 Å². The van der Waals surface area contributed by atoms with E-state index in [1.807, 2.05) is 30.3 Å². The molecule has 1 aromatic heterocycles. The highest BCUT2D eigenvalue weighted by Gasteiger charge is 2.51. The lowest BCUT2D eigenvalue weighted by Gasteiger charge is -2.32. The summed E-state index contributed by atoms with van der Waals surface area (Å²) in [6.45, 7) is 6.80. The van der Waals surface area contributed by atoms with Crippen molar-refractivity contribution in [2.75, 3.05) is 0 Å². The van der Waals surface area contributed by atoms with Gasteiger partial charge in [0.1, 0.15) is 0 Å². The van der Waals surface area contributed by atoms with E-state index in [1.54, 1.807) is 0 Å². The number of nitrogens with zero attached hydrogens (tertiary/aromatic N) is 3. The highest BCUT2D eigenvalue weighted by Crippen LogP contribution is 2.62. The Hall–Kier alpha value is -4.67. The summed E-state index contributed by atoms with van der Waals surface area (Å²) in [5, 5.41) is 0. The van der Waals surface area contributed by atoms with Gasteiger partial charge in [-0.1, -0.05) is 126 Å². The van der Waals surface area contributed by atoms with Gasteiger partial charge in [0.05, 0.1) is 5.41 Å². The van der Waals surface area contributed by atoms with E-state index >= 15 is 0 Å². The minimum Gasteiger partial charge on any atom is -0.209 e. The van der Waals surface area contributed by atoms with E-state index < -0.39 is 0 Å². The molecule has 3 aromatic carbocycles. The minimum atomic E-state index is -0.325. The summed E-state index contributed by atoms with van der Waals surface area (Å²) in [4.78, 5) is 14.8. The molecule has 4 aliphatic rings. The maximum atomic E-state index is 4.95. The second kappa shape index (κ2) is 11.6. The first kappa shape index (κ1) is 28.8. The topological polar surface area (TPSA) is 38.7 Å². The van der Waals surface area contributed by atoms with Crippen molar-refractivity contribution in [1.29, 1.82) is 0 Å². The molecule has 46 heavy (non-hydrogen) atoms. The van der Waals surface area contributed by atoms with Gasteiger partial charge in [-0.25, -0.2) is 15.0 Å². The van der Waals surface area contributed by atoms with Gasteiger partial charge in [-0.15, -0.1) is 0 Å². The maximum absolute atomic E-state index is 4.95. The molecule has 1 atom stereocenters. The maximum Gasteiger partial charge on any atom is 0.164 e. The molecule has 0 radical (unpaired) electrons. The number of allylic oxidation sites excluding steroid dienone is 13. The summed E-state index contributed by atoms with van der Waals surface area (Å²) in [7, 11) is 0. The van der Waals surface area contributed by atoms with Gasteiger partial charge >= 0.3 is 0 Å². The van der Waals surface area contributed by atoms with Crippen LogP contribution in [0, 0.1) is 0 Å². The second-order valence-corrected chi connectivity index (χ2v) is 13.3. The third-order valence-electron chi connectivity index (χ3n) is 9.82. The van der Waals surface area contributed by atoms with Crippen LogP contribution in [0.4, 0.5) is 0 Å². The normalized spacial score (nSPS) is 19.8. The van der Waals surface area contributed by atoms with Crippen LogP contribution in [-0.2, 0) is 5.41 Å². The first-order valence-electron chi connectivity index (χ1n) is 16.1. The Morgan fingerprint density at radius 2 is 1.67 bits per heavy atom. The largest absolute Gasteiger partial charge is 0.209 e. The fraction of sp³-hybridized carbons (Fsp3) is 0.167. The first-order chi connectivity index (χ1) is 22.6. The average molecular weight is 661 g/mol. The van der Waals surface area contributed by atoms with E-state index in [0.29, 0.717) is 11.6 Å². The van der Waals surface area contributed by atoms with Crippen molar-refractivity contribution in [3.63, 3.8) is 0 Å². The fourth-order valence-electron chi connectivity index (χ4n) is 7.69. The average Bonchev–Trinajstić information content (AvgIpc) is 3.35. The van der Waals surface area contributed by atoms with E-state index in [-0.39, 0.29) is 5.41 Å². The third kappa shape index (κ3) is 4.58. The van der Waals surface area contributed by atoms with Crippen molar-refractivity contribution >= 4 is 38.2 Å². The Morgan fingerprint density at radius 3 is 2.52 bits per heavy atom. The standard InChI is InChI=1S/C42H34BrN3/c1-27(39-44-40(29-14-6-3-7-15-29)46-41(45-39)30-16-8-4-9-17-30)22-24-32-28(2)42(36-21-13-12-19-33(32)36)37-20-11-5-10-18-34(37)35-25-23-31(43)26-38(35)42/h3-4,6-8,11-16,19-26H,1,5,9-10,17-18H2,2H3/b24-22-. The van der Waals surface area contributed by atoms with Gasteiger partial charge in [0.25, 0.3) is 0 Å². The Balaban J connectivity index is 1.26. The molecule has 0 saturated heterocycles. The lowest BCUT2D eigenvalue weighted by Crippen LogP contribution is -2.27. The highest BCUT2D eigenvalue weighted by atomic mass is 79.9. The number of benzene rings is 3. The molecule has 4 aliphatic carbocycles. The molecule has 4 aromatic rings. The molecule has 1 heterocycles. The molecule has 1 unspecified atom stereocenters. The summed E-state index contributed by atoms with van der Waals surface area (Å²) in [5.41, 5.74) is 13.4. The Bertz CT molecular complexity index is 2110. The van der Waals surface area contributed by atoms with Gasteiger partial charge < -0.3 is 0 Å². The third-order valence-corrected chi connectivity index (χ3v) is 10.3. The van der Waals surface area contributed by atoms with Gasteiger partial charge in [0.15, 0.2) is 17.5 Å². The van der Waals surface area contributed by atoms with E-state index in [4.69, 9.17) is 15.0 Å². The van der Waals surface area contributed by atoms with Crippen molar-refractivity contribution in [3.05, 3.63) is 171 Å². The predicted molar refractivity (Wildman–Crippen MR) is 194 cm³/mol. The monoisotopic (exact) mass is 659 g/mol. The number of fused-ring (bicyclic) bond motifs is 6. The quantitative estimate of drug-likeness (QED) is 0.200. The molecule has 1 spiro atoms. The van der Waals surface area contributed by atoms with Crippen LogP contribution in [0.5, 0.6) is 0 Å². The van der Waals surface area contributed by atoms with Crippen LogP contribution in [-0.4, -0.2) is 15.0 Å². The molecule has 0 N–H and O–H groups in total. The number of hydrogen-bond acceptors (Lipinski definition) is 3. The molecule has 3 nitrogen and oxygen atoms in total. The van der Waals surface area contributed by atoms with Crippen LogP contribution in [0.3, 0.4) is 0 Å². The van der Waals surface area contributed by atoms with Crippen molar-refractivity contribution in [1.82, 2.24) is 15.0 Å². The summed E-state index contributed by atoms with van der Waals surface area (Å²) in [5.74, 6) is 1.98. The predicted octanol–water partition coefficient (Wildman–Crippen LogP) is 10.9. The lowest BCUT2D eigenvalue weighted by atomic mass is 9.69. The fourth-order valence-corrected chi connectivity index (χ4v) is 8.05. The Kier molecular flexibility index (Phi) is 7.26. The lowest BCUT2D eigenvalue weighted by molar-refractivity contribution is 0.758. The molecule has 4 heteroatoms. The van der Waals surface area contributed by atoms with Crippen molar-refractivity contribution in [2.24, 2.45) is 0 Å². The van der Waals surface area contributed by atoms with E-state index in [9.17, 15) is 0 Å². The van der Waals surface area contributed by atoms with Gasteiger partial charge in [-0.3, -0.25) is 0 Å². The van der Waals surface area contributed by atoms with Crippen LogP contribution < -0.4 is 0 Å². The second-order valence-electron chi connectivity index (χ2n) is 12.4. The van der Waals surface area contributed by atoms with Gasteiger partial charge in [0, 0.05) is 15.6 Å². The number of halogens is 1. The molecule has 224 valence electrons. The smallest absolute Gasteiger partial charge is 0.164 e. The van der Waals surface area contributed by atoms with Crippen LogP contribution in [0.2, 0.25) is 0 Å². The molecule has 0 bridgehead atoms. The Labute approximate surface area is 279 Å². The van der Waals surface area contributed by atoms with Crippen molar-refractivity contribution < 1.29 is 0 Å². The molecular formula is C42H34BrN3. The van der Waals surface area contributed by atoms with Gasteiger partial charge in [-0.2, -0.15) is 0 Å².